The molecule has 0 aliphatic carbocycles. The van der Waals surface area contributed by atoms with Crippen LogP contribution in [0.1, 0.15) is 41.5 Å². The van der Waals surface area contributed by atoms with Crippen molar-refractivity contribution in [1.82, 2.24) is 14.7 Å². The van der Waals surface area contributed by atoms with Crippen molar-refractivity contribution in [3.63, 3.8) is 0 Å². The molecule has 0 heterocycles. The molecule has 3 N–H and O–H groups in total. The van der Waals surface area contributed by atoms with E-state index < -0.39 is 0 Å². The first-order valence-corrected chi connectivity index (χ1v) is 8.70. The van der Waals surface area contributed by atoms with Crippen molar-refractivity contribution in [2.24, 2.45) is 17.8 Å². The fourth-order valence-electron chi connectivity index (χ4n) is 1.79. The zero-order valence-corrected chi connectivity index (χ0v) is 21.6. The van der Waals surface area contributed by atoms with E-state index in [4.69, 9.17) is 15.3 Å². The molecule has 0 aromatic carbocycles. The Morgan fingerprint density at radius 3 is 0.560 bits per heavy atom. The average Bonchev–Trinajstić information content (AvgIpc) is 2.45. The molecule has 0 aromatic heterocycles. The van der Waals surface area contributed by atoms with E-state index in [1.54, 1.807) is 14.7 Å². The van der Waals surface area contributed by atoms with E-state index in [0.29, 0.717) is 17.8 Å². The van der Waals surface area contributed by atoms with Crippen molar-refractivity contribution in [3.8, 4) is 0 Å². The predicted octanol–water partition coefficient (Wildman–Crippen LogP) is 1.56. The van der Waals surface area contributed by atoms with Gasteiger partial charge in [-0.3, -0.25) is 14.7 Å². The molecule has 0 rings (SSSR count). The molecule has 0 amide bonds. The van der Waals surface area contributed by atoms with Crippen molar-refractivity contribution >= 4 is 0 Å². The fourth-order valence-corrected chi connectivity index (χ4v) is 1.79. The molecule has 0 saturated carbocycles. The maximum atomic E-state index is 9.13. The Hall–Kier alpha value is 0.864. The van der Waals surface area contributed by atoms with Crippen LogP contribution < -0.4 is 0 Å². The largest absolute Gasteiger partial charge is 0.378 e. The van der Waals surface area contributed by atoms with Crippen molar-refractivity contribution in [2.75, 3.05) is 42.3 Å². The summed E-state index contributed by atoms with van der Waals surface area (Å²) in [7, 11) is 11.2. The number of nitrogens with zero attached hydrogens (tertiary/aromatic N) is 3. The zero-order valence-electron chi connectivity index (χ0n) is 18.7. The Labute approximate surface area is 182 Å². The van der Waals surface area contributed by atoms with Crippen LogP contribution >= 0.6 is 0 Å². The van der Waals surface area contributed by atoms with E-state index >= 15 is 0 Å². The summed E-state index contributed by atoms with van der Waals surface area (Å²) >= 11 is 0. The molecule has 153 valence electrons. The Morgan fingerprint density at radius 1 is 0.440 bits per heavy atom. The standard InChI is InChI=1S/3C6H15NO.Y/c3*1-5(2)6(8)7(3)4;/h3*5-6,8H,1-4H3;. The molecule has 25 heavy (non-hydrogen) atoms. The maximum absolute atomic E-state index is 9.13. The minimum Gasteiger partial charge on any atom is -0.378 e. The van der Waals surface area contributed by atoms with Crippen LogP contribution in [0.5, 0.6) is 0 Å². The van der Waals surface area contributed by atoms with Crippen LogP contribution in [-0.2, 0) is 32.7 Å². The van der Waals surface area contributed by atoms with Gasteiger partial charge in [-0.25, -0.2) is 0 Å². The first kappa shape index (κ1) is 33.4. The van der Waals surface area contributed by atoms with E-state index in [2.05, 4.69) is 0 Å². The topological polar surface area (TPSA) is 70.4 Å². The second-order valence-electron chi connectivity index (χ2n) is 7.86. The molecule has 1 radical (unpaired) electrons. The smallest absolute Gasteiger partial charge is 0.109 e. The molecule has 0 saturated heterocycles. The summed E-state index contributed by atoms with van der Waals surface area (Å²) in [5.41, 5.74) is 0. The van der Waals surface area contributed by atoms with Crippen LogP contribution in [0.25, 0.3) is 0 Å². The van der Waals surface area contributed by atoms with E-state index in [1.807, 2.05) is 83.8 Å². The molecule has 0 aliphatic rings. The molecule has 6 nitrogen and oxygen atoms in total. The van der Waals surface area contributed by atoms with Crippen LogP contribution in [0.15, 0.2) is 0 Å². The van der Waals surface area contributed by atoms with Crippen LogP contribution in [-0.4, -0.2) is 91.0 Å². The number of hydrogen-bond donors (Lipinski definition) is 3. The number of rotatable bonds is 6. The second-order valence-corrected chi connectivity index (χ2v) is 7.86. The Bertz CT molecular complexity index is 209. The minimum atomic E-state index is -0.296. The Balaban J connectivity index is -0.000000130. The van der Waals surface area contributed by atoms with E-state index in [-0.39, 0.29) is 51.4 Å². The summed E-state index contributed by atoms with van der Waals surface area (Å²) in [5.74, 6) is 0.972. The zero-order chi connectivity index (χ0) is 20.2. The van der Waals surface area contributed by atoms with Gasteiger partial charge in [0.15, 0.2) is 0 Å². The van der Waals surface area contributed by atoms with Crippen LogP contribution in [0, 0.1) is 17.8 Å². The quantitative estimate of drug-likeness (QED) is 0.545. The molecule has 7 heteroatoms. The summed E-state index contributed by atoms with van der Waals surface area (Å²) < 4.78 is 0. The minimum absolute atomic E-state index is 0. The second kappa shape index (κ2) is 18.2. The molecule has 0 aliphatic heterocycles. The SMILES string of the molecule is CC(C)C(O)N(C)C.CC(C)C(O)N(C)C.CC(C)C(O)N(C)C.[Y]. The summed E-state index contributed by atoms with van der Waals surface area (Å²) in [6, 6.07) is 0. The molecule has 0 aromatic rings. The average molecular weight is 440 g/mol. The van der Waals surface area contributed by atoms with Gasteiger partial charge in [0.25, 0.3) is 0 Å². The summed E-state index contributed by atoms with van der Waals surface area (Å²) in [6.07, 6.45) is -0.889. The molecule has 0 bridgehead atoms. The molecule has 0 spiro atoms. The van der Waals surface area contributed by atoms with Gasteiger partial charge in [-0.2, -0.15) is 0 Å². The molecule has 3 unspecified atom stereocenters. The summed E-state index contributed by atoms with van der Waals surface area (Å²) in [5, 5.41) is 27.4. The summed E-state index contributed by atoms with van der Waals surface area (Å²) in [6.45, 7) is 11.9. The molecule has 0 fully saturated rings. The van der Waals surface area contributed by atoms with Gasteiger partial charge in [-0.1, -0.05) is 41.5 Å². The van der Waals surface area contributed by atoms with Crippen LogP contribution in [0.4, 0.5) is 0 Å². The third-order valence-corrected chi connectivity index (χ3v) is 3.38. The van der Waals surface area contributed by atoms with Gasteiger partial charge in [0, 0.05) is 32.7 Å². The van der Waals surface area contributed by atoms with Crippen molar-refractivity contribution < 1.29 is 48.0 Å². The van der Waals surface area contributed by atoms with Gasteiger partial charge < -0.3 is 15.3 Å². The van der Waals surface area contributed by atoms with Crippen molar-refractivity contribution in [2.45, 2.75) is 60.2 Å². The third-order valence-electron chi connectivity index (χ3n) is 3.38. The van der Waals surface area contributed by atoms with E-state index in [0.717, 1.165) is 0 Å². The Kier molecular flexibility index (Phi) is 24.4. The van der Waals surface area contributed by atoms with E-state index in [1.165, 1.54) is 0 Å². The first-order chi connectivity index (χ1) is 10.7. The first-order valence-electron chi connectivity index (χ1n) is 8.70. The Morgan fingerprint density at radius 2 is 0.560 bits per heavy atom. The van der Waals surface area contributed by atoms with Gasteiger partial charge in [0.2, 0.25) is 0 Å². The van der Waals surface area contributed by atoms with Crippen LogP contribution in [0.2, 0.25) is 0 Å². The molecular weight excluding hydrogens is 395 g/mol. The summed E-state index contributed by atoms with van der Waals surface area (Å²) in [4.78, 5) is 5.39. The number of aliphatic hydroxyl groups is 3. The monoisotopic (exact) mass is 440 g/mol. The number of aliphatic hydroxyl groups excluding tert-OH is 3. The van der Waals surface area contributed by atoms with Crippen molar-refractivity contribution in [3.05, 3.63) is 0 Å². The van der Waals surface area contributed by atoms with Crippen molar-refractivity contribution in [1.29, 1.82) is 0 Å². The van der Waals surface area contributed by atoms with Gasteiger partial charge in [0.05, 0.1) is 0 Å². The van der Waals surface area contributed by atoms with Crippen LogP contribution in [0.3, 0.4) is 0 Å². The van der Waals surface area contributed by atoms with Gasteiger partial charge >= 0.3 is 0 Å². The number of hydrogen-bond acceptors (Lipinski definition) is 6. The maximum Gasteiger partial charge on any atom is 0.109 e. The van der Waals surface area contributed by atoms with E-state index in [9.17, 15) is 0 Å². The van der Waals surface area contributed by atoms with Gasteiger partial charge in [-0.05, 0) is 60.0 Å². The third kappa shape index (κ3) is 21.0. The normalized spacial score (nSPS) is 14.8. The van der Waals surface area contributed by atoms with Gasteiger partial charge in [0.1, 0.15) is 18.7 Å². The van der Waals surface area contributed by atoms with Gasteiger partial charge in [-0.15, -0.1) is 0 Å². The predicted molar refractivity (Wildman–Crippen MR) is 104 cm³/mol. The fraction of sp³-hybridized carbons (Fsp3) is 1.00. The molecule has 3 atom stereocenters. The molecular formula is C18H45N3O3Y.